The fourth-order valence-corrected chi connectivity index (χ4v) is 5.12. The summed E-state index contributed by atoms with van der Waals surface area (Å²) in [6.07, 6.45) is 0.805. The van der Waals surface area contributed by atoms with Gasteiger partial charge in [0.2, 0.25) is 0 Å². The maximum atomic E-state index is 12.5. The number of benzene rings is 1. The SMILES string of the molecule is CCCNS(=O)(=O)N1CCN2CC(C)(C)c3ccccc3C2C1. The van der Waals surface area contributed by atoms with Gasteiger partial charge >= 0.3 is 0 Å². The average molecular weight is 337 g/mol. The van der Waals surface area contributed by atoms with Crippen LogP contribution in [0, 0.1) is 0 Å². The number of fused-ring (bicyclic) bond motifs is 3. The molecule has 1 fully saturated rings. The summed E-state index contributed by atoms with van der Waals surface area (Å²) in [5.41, 5.74) is 2.73. The van der Waals surface area contributed by atoms with Gasteiger partial charge in [-0.15, -0.1) is 0 Å². The first-order valence-electron chi connectivity index (χ1n) is 8.43. The topological polar surface area (TPSA) is 52.7 Å². The van der Waals surface area contributed by atoms with Crippen LogP contribution in [0.25, 0.3) is 0 Å². The molecular formula is C17H27N3O2S. The Balaban J connectivity index is 1.88. The van der Waals surface area contributed by atoms with E-state index in [1.165, 1.54) is 11.1 Å². The molecule has 3 rings (SSSR count). The molecule has 1 saturated heterocycles. The number of hydrogen-bond donors (Lipinski definition) is 1. The molecule has 0 spiro atoms. The number of hydrogen-bond acceptors (Lipinski definition) is 3. The van der Waals surface area contributed by atoms with Crippen LogP contribution in [0.5, 0.6) is 0 Å². The van der Waals surface area contributed by atoms with E-state index in [1.54, 1.807) is 4.31 Å². The highest BCUT2D eigenvalue weighted by Gasteiger charge is 2.42. The highest BCUT2D eigenvalue weighted by molar-refractivity contribution is 7.87. The minimum Gasteiger partial charge on any atom is -0.293 e. The molecule has 1 atom stereocenters. The van der Waals surface area contributed by atoms with Crippen molar-refractivity contribution in [2.45, 2.75) is 38.6 Å². The van der Waals surface area contributed by atoms with Crippen molar-refractivity contribution in [3.05, 3.63) is 35.4 Å². The Labute approximate surface area is 139 Å². The lowest BCUT2D eigenvalue weighted by molar-refractivity contribution is 0.0802. The van der Waals surface area contributed by atoms with Gasteiger partial charge in [0.25, 0.3) is 10.2 Å². The number of nitrogens with one attached hydrogen (secondary N) is 1. The molecule has 2 aliphatic heterocycles. The van der Waals surface area contributed by atoms with Crippen LogP contribution in [0.4, 0.5) is 0 Å². The highest BCUT2D eigenvalue weighted by atomic mass is 32.2. The van der Waals surface area contributed by atoms with Crippen LogP contribution in [0.2, 0.25) is 0 Å². The molecule has 6 heteroatoms. The summed E-state index contributed by atoms with van der Waals surface area (Å²) in [7, 11) is -3.37. The van der Waals surface area contributed by atoms with Crippen molar-refractivity contribution in [1.82, 2.24) is 13.9 Å². The fourth-order valence-electron chi connectivity index (χ4n) is 3.82. The van der Waals surface area contributed by atoms with E-state index >= 15 is 0 Å². The predicted octanol–water partition coefficient (Wildman–Crippen LogP) is 1.88. The summed E-state index contributed by atoms with van der Waals surface area (Å²) < 4.78 is 29.2. The molecule has 2 heterocycles. The maximum Gasteiger partial charge on any atom is 0.279 e. The van der Waals surface area contributed by atoms with Gasteiger partial charge in [0.15, 0.2) is 0 Å². The van der Waals surface area contributed by atoms with Crippen LogP contribution < -0.4 is 4.72 Å². The molecule has 0 radical (unpaired) electrons. The quantitative estimate of drug-likeness (QED) is 0.913. The summed E-state index contributed by atoms with van der Waals surface area (Å²) in [5.74, 6) is 0. The third kappa shape index (κ3) is 3.18. The Kier molecular flexibility index (Phi) is 4.53. The van der Waals surface area contributed by atoms with Crippen LogP contribution in [0.3, 0.4) is 0 Å². The Bertz CT molecular complexity index is 672. The van der Waals surface area contributed by atoms with Gasteiger partial charge in [-0.1, -0.05) is 45.0 Å². The first-order valence-corrected chi connectivity index (χ1v) is 9.87. The van der Waals surface area contributed by atoms with Crippen molar-refractivity contribution in [1.29, 1.82) is 0 Å². The Hall–Kier alpha value is -0.950. The molecule has 0 aliphatic carbocycles. The number of rotatable bonds is 4. The lowest BCUT2D eigenvalue weighted by atomic mass is 9.75. The molecule has 23 heavy (non-hydrogen) atoms. The van der Waals surface area contributed by atoms with E-state index in [4.69, 9.17) is 0 Å². The minimum absolute atomic E-state index is 0.106. The zero-order valence-electron chi connectivity index (χ0n) is 14.2. The van der Waals surface area contributed by atoms with Crippen LogP contribution >= 0.6 is 0 Å². The van der Waals surface area contributed by atoms with Gasteiger partial charge in [-0.2, -0.15) is 12.7 Å². The molecule has 5 nitrogen and oxygen atoms in total. The standard InChI is InChI=1S/C17H27N3O2S/c1-4-9-18-23(21,22)20-11-10-19-13-17(2,3)15-8-6-5-7-14(15)16(19)12-20/h5-8,16,18H,4,9-13H2,1-3H3. The predicted molar refractivity (Wildman–Crippen MR) is 92.6 cm³/mol. The van der Waals surface area contributed by atoms with Gasteiger partial charge in [-0.3, -0.25) is 4.90 Å². The third-order valence-corrected chi connectivity index (χ3v) is 6.56. The second kappa shape index (κ2) is 6.16. The van der Waals surface area contributed by atoms with Gasteiger partial charge in [-0.05, 0) is 17.5 Å². The molecule has 1 unspecified atom stereocenters. The molecule has 2 aliphatic rings. The summed E-state index contributed by atoms with van der Waals surface area (Å²) in [4.78, 5) is 2.44. The lowest BCUT2D eigenvalue weighted by Gasteiger charge is -2.49. The Morgan fingerprint density at radius 2 is 2.00 bits per heavy atom. The molecule has 0 bridgehead atoms. The van der Waals surface area contributed by atoms with Crippen LogP contribution in [-0.4, -0.2) is 50.3 Å². The molecule has 0 aromatic heterocycles. The first kappa shape index (κ1) is 16.9. The molecule has 1 N–H and O–H groups in total. The third-order valence-electron chi connectivity index (χ3n) is 4.98. The van der Waals surface area contributed by atoms with Crippen molar-refractivity contribution < 1.29 is 8.42 Å². The molecule has 128 valence electrons. The van der Waals surface area contributed by atoms with E-state index in [2.05, 4.69) is 47.7 Å². The van der Waals surface area contributed by atoms with Crippen molar-refractivity contribution in [3.63, 3.8) is 0 Å². The van der Waals surface area contributed by atoms with Gasteiger partial charge in [-0.25, -0.2) is 4.72 Å². The van der Waals surface area contributed by atoms with Gasteiger partial charge in [0, 0.05) is 44.2 Å². The lowest BCUT2D eigenvalue weighted by Crippen LogP contribution is -2.57. The molecule has 0 amide bonds. The van der Waals surface area contributed by atoms with Crippen LogP contribution in [0.15, 0.2) is 24.3 Å². The highest BCUT2D eigenvalue weighted by Crippen LogP contribution is 2.41. The zero-order valence-corrected chi connectivity index (χ0v) is 15.1. The zero-order chi connectivity index (χ0) is 16.7. The summed E-state index contributed by atoms with van der Waals surface area (Å²) in [5, 5.41) is 0. The normalized spacial score (nSPS) is 24.9. The van der Waals surface area contributed by atoms with Crippen LogP contribution in [0.1, 0.15) is 44.4 Å². The fraction of sp³-hybridized carbons (Fsp3) is 0.647. The second-order valence-corrected chi connectivity index (χ2v) is 8.97. The monoisotopic (exact) mass is 337 g/mol. The van der Waals surface area contributed by atoms with E-state index in [0.29, 0.717) is 19.6 Å². The first-order chi connectivity index (χ1) is 10.8. The van der Waals surface area contributed by atoms with Crippen molar-refractivity contribution in [3.8, 4) is 0 Å². The maximum absolute atomic E-state index is 12.5. The van der Waals surface area contributed by atoms with Gasteiger partial charge < -0.3 is 0 Å². The van der Waals surface area contributed by atoms with Crippen LogP contribution in [-0.2, 0) is 15.6 Å². The molecular weight excluding hydrogens is 310 g/mol. The Morgan fingerprint density at radius 1 is 1.26 bits per heavy atom. The van der Waals surface area contributed by atoms with E-state index in [9.17, 15) is 8.42 Å². The van der Waals surface area contributed by atoms with E-state index in [-0.39, 0.29) is 11.5 Å². The minimum atomic E-state index is -3.37. The Morgan fingerprint density at radius 3 is 2.74 bits per heavy atom. The van der Waals surface area contributed by atoms with E-state index in [0.717, 1.165) is 19.5 Å². The van der Waals surface area contributed by atoms with Gasteiger partial charge in [0.05, 0.1) is 0 Å². The molecule has 0 saturated carbocycles. The van der Waals surface area contributed by atoms with Crippen molar-refractivity contribution in [2.75, 3.05) is 32.7 Å². The van der Waals surface area contributed by atoms with E-state index in [1.807, 2.05) is 6.92 Å². The smallest absolute Gasteiger partial charge is 0.279 e. The van der Waals surface area contributed by atoms with E-state index < -0.39 is 10.2 Å². The average Bonchev–Trinajstić information content (AvgIpc) is 2.52. The van der Waals surface area contributed by atoms with Gasteiger partial charge in [0.1, 0.15) is 0 Å². The summed E-state index contributed by atoms with van der Waals surface area (Å²) in [6.45, 7) is 9.87. The number of nitrogens with zero attached hydrogens (tertiary/aromatic N) is 2. The molecule has 1 aromatic carbocycles. The number of piperazine rings is 1. The molecule has 1 aromatic rings. The summed E-state index contributed by atoms with van der Waals surface area (Å²) in [6, 6.07) is 8.64. The second-order valence-electron chi connectivity index (χ2n) is 7.21. The summed E-state index contributed by atoms with van der Waals surface area (Å²) >= 11 is 0. The van der Waals surface area contributed by atoms with Crippen molar-refractivity contribution >= 4 is 10.2 Å². The van der Waals surface area contributed by atoms with Crippen molar-refractivity contribution in [2.24, 2.45) is 0 Å². The largest absolute Gasteiger partial charge is 0.293 e.